The first-order chi connectivity index (χ1) is 10.0. The molecule has 0 amide bonds. The van der Waals surface area contributed by atoms with Crippen LogP contribution in [0.15, 0.2) is 18.2 Å². The molecule has 2 rings (SSSR count). The zero-order valence-corrected chi connectivity index (χ0v) is 12.5. The molecule has 1 saturated heterocycles. The Kier molecular flexibility index (Phi) is 4.90. The Morgan fingerprint density at radius 2 is 2.05 bits per heavy atom. The topological polar surface area (TPSA) is 66.7 Å². The summed E-state index contributed by atoms with van der Waals surface area (Å²) in [7, 11) is 4.16. The first kappa shape index (κ1) is 15.4. The van der Waals surface area contributed by atoms with Crippen LogP contribution in [-0.4, -0.2) is 49.8 Å². The molecule has 21 heavy (non-hydrogen) atoms. The number of anilines is 1. The lowest BCUT2D eigenvalue weighted by atomic mass is 9.96. The van der Waals surface area contributed by atoms with Gasteiger partial charge in [-0.05, 0) is 45.0 Å². The fraction of sp³-hybridized carbons (Fsp3) is 0.533. The van der Waals surface area contributed by atoms with Crippen molar-refractivity contribution in [3.05, 3.63) is 33.9 Å². The molecule has 0 aromatic heterocycles. The van der Waals surface area contributed by atoms with Crippen molar-refractivity contribution in [2.75, 3.05) is 38.6 Å². The number of nitrogens with zero attached hydrogens (tertiary/aromatic N) is 3. The number of carbonyl (C=O) groups is 1. The Bertz CT molecular complexity index is 523. The molecule has 6 nitrogen and oxygen atoms in total. The Labute approximate surface area is 124 Å². The number of benzene rings is 1. The predicted octanol–water partition coefficient (Wildman–Crippen LogP) is 2.19. The van der Waals surface area contributed by atoms with E-state index in [2.05, 4.69) is 23.9 Å². The van der Waals surface area contributed by atoms with Crippen molar-refractivity contribution in [3.8, 4) is 0 Å². The molecule has 1 aromatic rings. The van der Waals surface area contributed by atoms with Gasteiger partial charge in [-0.1, -0.05) is 0 Å². The molecule has 1 aliphatic heterocycles. The normalized spacial score (nSPS) is 16.2. The minimum absolute atomic E-state index is 0.128. The largest absolute Gasteiger partial charge is 0.371 e. The molecule has 1 aliphatic rings. The fourth-order valence-corrected chi connectivity index (χ4v) is 2.89. The third kappa shape index (κ3) is 3.78. The van der Waals surface area contributed by atoms with Crippen LogP contribution in [0.2, 0.25) is 0 Å². The zero-order chi connectivity index (χ0) is 15.4. The van der Waals surface area contributed by atoms with Crippen molar-refractivity contribution in [3.63, 3.8) is 0 Å². The highest BCUT2D eigenvalue weighted by atomic mass is 16.6. The summed E-state index contributed by atoms with van der Waals surface area (Å²) in [6.45, 7) is 2.94. The first-order valence-corrected chi connectivity index (χ1v) is 7.14. The molecule has 1 fully saturated rings. The molecule has 0 bridgehead atoms. The quantitative estimate of drug-likeness (QED) is 0.472. The number of piperidine rings is 1. The highest BCUT2D eigenvalue weighted by molar-refractivity contribution is 5.83. The van der Waals surface area contributed by atoms with E-state index in [0.29, 0.717) is 12.2 Å². The molecule has 6 heteroatoms. The summed E-state index contributed by atoms with van der Waals surface area (Å²) in [6.07, 6.45) is 2.76. The maximum absolute atomic E-state index is 11.0. The minimum Gasteiger partial charge on any atom is -0.371 e. The zero-order valence-electron chi connectivity index (χ0n) is 12.5. The van der Waals surface area contributed by atoms with Gasteiger partial charge in [-0.3, -0.25) is 14.9 Å². The second-order valence-corrected chi connectivity index (χ2v) is 5.81. The summed E-state index contributed by atoms with van der Waals surface area (Å²) in [5, 5.41) is 10.8. The maximum Gasteiger partial charge on any atom is 0.280 e. The average molecular weight is 291 g/mol. The third-order valence-electron chi connectivity index (χ3n) is 3.94. The van der Waals surface area contributed by atoms with Crippen molar-refractivity contribution < 1.29 is 9.72 Å². The van der Waals surface area contributed by atoms with Crippen LogP contribution in [0.1, 0.15) is 23.2 Å². The van der Waals surface area contributed by atoms with Gasteiger partial charge in [0.25, 0.3) is 5.69 Å². The second kappa shape index (κ2) is 6.67. The highest BCUT2D eigenvalue weighted by Gasteiger charge is 2.21. The molecule has 0 N–H and O–H groups in total. The van der Waals surface area contributed by atoms with Gasteiger partial charge >= 0.3 is 0 Å². The highest BCUT2D eigenvalue weighted by Crippen LogP contribution is 2.27. The number of rotatable bonds is 5. The van der Waals surface area contributed by atoms with Crippen LogP contribution in [0, 0.1) is 16.0 Å². The van der Waals surface area contributed by atoms with Crippen molar-refractivity contribution in [2.45, 2.75) is 12.8 Å². The van der Waals surface area contributed by atoms with Crippen LogP contribution in [-0.2, 0) is 0 Å². The fourth-order valence-electron chi connectivity index (χ4n) is 2.89. The molecule has 0 radical (unpaired) electrons. The van der Waals surface area contributed by atoms with Crippen LogP contribution in [0.3, 0.4) is 0 Å². The number of nitro benzene ring substituents is 1. The Morgan fingerprint density at radius 3 is 2.57 bits per heavy atom. The van der Waals surface area contributed by atoms with Crippen molar-refractivity contribution in [1.29, 1.82) is 0 Å². The van der Waals surface area contributed by atoms with Crippen molar-refractivity contribution >= 4 is 17.7 Å². The van der Waals surface area contributed by atoms with E-state index in [4.69, 9.17) is 0 Å². The van der Waals surface area contributed by atoms with Crippen molar-refractivity contribution in [2.24, 2.45) is 5.92 Å². The van der Waals surface area contributed by atoms with E-state index >= 15 is 0 Å². The Morgan fingerprint density at radius 1 is 1.38 bits per heavy atom. The Hall–Kier alpha value is -1.95. The predicted molar refractivity (Wildman–Crippen MR) is 82.0 cm³/mol. The van der Waals surface area contributed by atoms with Crippen LogP contribution < -0.4 is 4.90 Å². The van der Waals surface area contributed by atoms with E-state index in [1.165, 1.54) is 6.07 Å². The maximum atomic E-state index is 11.0. The molecule has 0 unspecified atom stereocenters. The van der Waals surface area contributed by atoms with Gasteiger partial charge in [-0.15, -0.1) is 0 Å². The summed E-state index contributed by atoms with van der Waals surface area (Å²) in [5.74, 6) is 0.694. The van der Waals surface area contributed by atoms with Gasteiger partial charge in [-0.25, -0.2) is 0 Å². The van der Waals surface area contributed by atoms with Gasteiger partial charge in [0.2, 0.25) is 0 Å². The van der Waals surface area contributed by atoms with Crippen LogP contribution in [0.5, 0.6) is 0 Å². The SMILES string of the molecule is CN(C)CC1CCN(c2ccc([N+](=O)[O-])c(C=O)c2)CC1. The molecule has 1 heterocycles. The van der Waals surface area contributed by atoms with Gasteiger partial charge < -0.3 is 9.80 Å². The number of carbonyl (C=O) groups excluding carboxylic acids is 1. The molecule has 114 valence electrons. The lowest BCUT2D eigenvalue weighted by molar-refractivity contribution is -0.385. The standard InChI is InChI=1S/C15H21N3O3/c1-16(2)10-12-5-7-17(8-6-12)14-3-4-15(18(20)21)13(9-14)11-19/h3-4,9,11-12H,5-8,10H2,1-2H3. The van der Waals surface area contributed by atoms with Gasteiger partial charge in [0, 0.05) is 31.4 Å². The molecular formula is C15H21N3O3. The summed E-state index contributed by atoms with van der Waals surface area (Å²) in [4.78, 5) is 25.7. The van der Waals surface area contributed by atoms with E-state index in [1.807, 2.05) is 0 Å². The number of nitro groups is 1. The monoisotopic (exact) mass is 291 g/mol. The molecule has 0 aliphatic carbocycles. The number of hydrogen-bond acceptors (Lipinski definition) is 5. The van der Waals surface area contributed by atoms with Gasteiger partial charge in [0.05, 0.1) is 10.5 Å². The van der Waals surface area contributed by atoms with Gasteiger partial charge in [0.1, 0.15) is 0 Å². The van der Waals surface area contributed by atoms with E-state index in [-0.39, 0.29) is 11.3 Å². The minimum atomic E-state index is -0.517. The van der Waals surface area contributed by atoms with Crippen LogP contribution >= 0.6 is 0 Å². The lowest BCUT2D eigenvalue weighted by Gasteiger charge is -2.34. The third-order valence-corrected chi connectivity index (χ3v) is 3.94. The number of aldehydes is 1. The Balaban J connectivity index is 2.07. The summed E-state index contributed by atoms with van der Waals surface area (Å²) in [5.41, 5.74) is 0.912. The van der Waals surface area contributed by atoms with Crippen LogP contribution in [0.4, 0.5) is 11.4 Å². The smallest absolute Gasteiger partial charge is 0.280 e. The van der Waals surface area contributed by atoms with E-state index in [0.717, 1.165) is 38.2 Å². The first-order valence-electron chi connectivity index (χ1n) is 7.14. The molecule has 0 saturated carbocycles. The summed E-state index contributed by atoms with van der Waals surface area (Å²) >= 11 is 0. The average Bonchev–Trinajstić information content (AvgIpc) is 2.46. The van der Waals surface area contributed by atoms with Crippen molar-refractivity contribution in [1.82, 2.24) is 4.90 Å². The second-order valence-electron chi connectivity index (χ2n) is 5.81. The molecule has 0 spiro atoms. The van der Waals surface area contributed by atoms with E-state index in [9.17, 15) is 14.9 Å². The van der Waals surface area contributed by atoms with Gasteiger partial charge in [-0.2, -0.15) is 0 Å². The summed E-state index contributed by atoms with van der Waals surface area (Å²) < 4.78 is 0. The summed E-state index contributed by atoms with van der Waals surface area (Å²) in [6, 6.07) is 4.78. The van der Waals surface area contributed by atoms with Gasteiger partial charge in [0.15, 0.2) is 6.29 Å². The number of hydrogen-bond donors (Lipinski definition) is 0. The lowest BCUT2D eigenvalue weighted by Crippen LogP contribution is -2.37. The molecule has 1 aromatic carbocycles. The van der Waals surface area contributed by atoms with E-state index < -0.39 is 4.92 Å². The molecule has 0 atom stereocenters. The van der Waals surface area contributed by atoms with Crippen LogP contribution in [0.25, 0.3) is 0 Å². The molecular weight excluding hydrogens is 270 g/mol. The van der Waals surface area contributed by atoms with E-state index in [1.54, 1.807) is 12.1 Å².